The van der Waals surface area contributed by atoms with Gasteiger partial charge in [-0.3, -0.25) is 9.78 Å². The van der Waals surface area contributed by atoms with E-state index in [9.17, 15) is 13.6 Å². The predicted molar refractivity (Wildman–Crippen MR) is 163 cm³/mol. The second kappa shape index (κ2) is 17.0. The van der Waals surface area contributed by atoms with Crippen molar-refractivity contribution in [2.75, 3.05) is 44.2 Å². The van der Waals surface area contributed by atoms with Gasteiger partial charge in [0.2, 0.25) is 6.43 Å². The summed E-state index contributed by atoms with van der Waals surface area (Å²) in [6, 6.07) is 7.90. The molecule has 0 unspecified atom stereocenters. The van der Waals surface area contributed by atoms with Crippen LogP contribution in [0.2, 0.25) is 0 Å². The molecule has 0 saturated carbocycles. The van der Waals surface area contributed by atoms with Crippen molar-refractivity contribution in [1.29, 1.82) is 0 Å². The number of rotatable bonds is 7. The van der Waals surface area contributed by atoms with Gasteiger partial charge in [0, 0.05) is 44.8 Å². The summed E-state index contributed by atoms with van der Waals surface area (Å²) in [5.74, 6) is 0.941. The Labute approximate surface area is 243 Å². The van der Waals surface area contributed by atoms with Gasteiger partial charge >= 0.3 is 0 Å². The first kappa shape index (κ1) is 32.4. The summed E-state index contributed by atoms with van der Waals surface area (Å²) >= 11 is 0. The Kier molecular flexibility index (Phi) is 13.4. The summed E-state index contributed by atoms with van der Waals surface area (Å²) in [5, 5.41) is 8.68. The number of halogens is 2. The molecule has 2 saturated heterocycles. The molecule has 41 heavy (non-hydrogen) atoms. The van der Waals surface area contributed by atoms with Gasteiger partial charge in [-0.15, -0.1) is 0 Å². The van der Waals surface area contributed by atoms with Crippen molar-refractivity contribution in [2.45, 2.75) is 78.6 Å². The van der Waals surface area contributed by atoms with Gasteiger partial charge < -0.3 is 15.1 Å². The number of carbonyl (C=O) groups is 1. The van der Waals surface area contributed by atoms with Gasteiger partial charge in [-0.1, -0.05) is 39.5 Å². The van der Waals surface area contributed by atoms with Crippen molar-refractivity contribution in [2.24, 2.45) is 7.05 Å². The zero-order chi connectivity index (χ0) is 29.6. The van der Waals surface area contributed by atoms with Crippen LogP contribution in [0.1, 0.15) is 82.5 Å². The van der Waals surface area contributed by atoms with Gasteiger partial charge in [0.05, 0.1) is 11.3 Å². The largest absolute Gasteiger partial charge is 0.357 e. The topological polar surface area (TPSA) is 79.2 Å². The van der Waals surface area contributed by atoms with Crippen molar-refractivity contribution in [1.82, 2.24) is 30.0 Å². The highest BCUT2D eigenvalue weighted by atomic mass is 19.3. The van der Waals surface area contributed by atoms with E-state index in [1.165, 1.54) is 51.4 Å². The van der Waals surface area contributed by atoms with Gasteiger partial charge in [-0.05, 0) is 70.0 Å². The van der Waals surface area contributed by atoms with Crippen LogP contribution in [0.5, 0.6) is 0 Å². The Bertz CT molecular complexity index is 1180. The van der Waals surface area contributed by atoms with Crippen LogP contribution in [-0.4, -0.2) is 76.2 Å². The lowest BCUT2D eigenvalue weighted by Gasteiger charge is -2.21. The van der Waals surface area contributed by atoms with Crippen LogP contribution in [0.25, 0.3) is 22.4 Å². The molecule has 8 nitrogen and oxygen atoms in total. The first-order chi connectivity index (χ1) is 19.8. The number of carbonyl (C=O) groups excluding carboxylic acids is 1. The highest BCUT2D eigenvalue weighted by Crippen LogP contribution is 2.28. The average molecular weight is 572 g/mol. The number of fused-ring (bicyclic) bond motifs is 1. The van der Waals surface area contributed by atoms with Crippen LogP contribution in [0.15, 0.2) is 30.5 Å². The molecule has 0 radical (unpaired) electrons. The van der Waals surface area contributed by atoms with Crippen molar-refractivity contribution >= 4 is 22.8 Å². The Morgan fingerprint density at radius 1 is 0.951 bits per heavy atom. The Morgan fingerprint density at radius 3 is 2.17 bits per heavy atom. The van der Waals surface area contributed by atoms with Crippen LogP contribution in [0.4, 0.5) is 14.6 Å². The molecule has 3 aromatic rings. The molecule has 2 aliphatic heterocycles. The van der Waals surface area contributed by atoms with E-state index in [-0.39, 0.29) is 5.91 Å². The number of aromatic nitrogens is 4. The number of pyridine rings is 2. The van der Waals surface area contributed by atoms with E-state index >= 15 is 0 Å². The fourth-order valence-corrected chi connectivity index (χ4v) is 4.89. The number of unbranched alkanes of at least 4 members (excludes halogenated alkanes) is 1. The summed E-state index contributed by atoms with van der Waals surface area (Å²) in [6.07, 6.45) is 9.67. The number of nitrogens with zero attached hydrogens (tertiary/aromatic N) is 6. The van der Waals surface area contributed by atoms with Gasteiger partial charge in [0.1, 0.15) is 11.5 Å². The molecule has 0 bridgehead atoms. The fourth-order valence-electron chi connectivity index (χ4n) is 4.89. The number of likely N-dealkylation sites (tertiary alicyclic amines) is 1. The highest BCUT2D eigenvalue weighted by molar-refractivity contribution is 5.95. The molecule has 10 heteroatoms. The Balaban J connectivity index is 0.000000515. The number of nitrogens with one attached hydrogen (secondary N) is 1. The quantitative estimate of drug-likeness (QED) is 0.358. The monoisotopic (exact) mass is 571 g/mol. The molecule has 1 amide bonds. The first-order valence-electron chi connectivity index (χ1n) is 15.2. The summed E-state index contributed by atoms with van der Waals surface area (Å²) in [7, 11) is 1.92. The zero-order valence-electron chi connectivity index (χ0n) is 25.2. The van der Waals surface area contributed by atoms with Gasteiger partial charge in [0.25, 0.3) is 5.91 Å². The third kappa shape index (κ3) is 10.0. The lowest BCUT2D eigenvalue weighted by Crippen LogP contribution is -2.33. The van der Waals surface area contributed by atoms with E-state index in [2.05, 4.69) is 46.1 Å². The smallest absolute Gasteiger partial charge is 0.252 e. The lowest BCUT2D eigenvalue weighted by atomic mass is 10.1. The summed E-state index contributed by atoms with van der Waals surface area (Å²) < 4.78 is 22.5. The molecule has 5 heterocycles. The molecule has 0 spiro atoms. The van der Waals surface area contributed by atoms with E-state index < -0.39 is 6.43 Å². The van der Waals surface area contributed by atoms with E-state index in [0.717, 1.165) is 67.9 Å². The van der Waals surface area contributed by atoms with Gasteiger partial charge in [-0.25, -0.2) is 18.4 Å². The van der Waals surface area contributed by atoms with Gasteiger partial charge in [0.15, 0.2) is 5.65 Å². The Morgan fingerprint density at radius 2 is 1.59 bits per heavy atom. The van der Waals surface area contributed by atoms with E-state index in [1.807, 2.05) is 23.9 Å². The summed E-state index contributed by atoms with van der Waals surface area (Å²) in [6.45, 7) is 11.2. The van der Waals surface area contributed by atoms with Crippen LogP contribution in [-0.2, 0) is 7.05 Å². The second-order valence-corrected chi connectivity index (χ2v) is 10.7. The maximum Gasteiger partial charge on any atom is 0.252 e. The number of aryl methyl sites for hydroxylation is 1. The van der Waals surface area contributed by atoms with Crippen LogP contribution in [0.3, 0.4) is 0 Å². The molecular formula is C31H47F2N7O. The number of anilines is 1. The number of hydrogen-bond donors (Lipinski definition) is 1. The maximum absolute atomic E-state index is 12.5. The van der Waals surface area contributed by atoms with Crippen LogP contribution >= 0.6 is 0 Å². The van der Waals surface area contributed by atoms with Crippen molar-refractivity contribution in [3.63, 3.8) is 0 Å². The molecule has 0 aromatic carbocycles. The van der Waals surface area contributed by atoms with Crippen LogP contribution in [0, 0.1) is 0 Å². The Hall–Kier alpha value is -3.14. The van der Waals surface area contributed by atoms with E-state index in [1.54, 1.807) is 6.20 Å². The van der Waals surface area contributed by atoms with E-state index in [0.29, 0.717) is 12.1 Å². The molecule has 0 atom stereocenters. The van der Waals surface area contributed by atoms with Crippen molar-refractivity contribution in [3.8, 4) is 11.4 Å². The lowest BCUT2D eigenvalue weighted by molar-refractivity contribution is 0.0949. The van der Waals surface area contributed by atoms with Gasteiger partial charge in [-0.2, -0.15) is 5.10 Å². The van der Waals surface area contributed by atoms with Crippen LogP contribution < -0.4 is 10.2 Å². The van der Waals surface area contributed by atoms with Crippen molar-refractivity contribution in [3.05, 3.63) is 36.0 Å². The maximum atomic E-state index is 12.5. The molecular weight excluding hydrogens is 524 g/mol. The highest BCUT2D eigenvalue weighted by Gasteiger charge is 2.18. The van der Waals surface area contributed by atoms with E-state index in [4.69, 9.17) is 10.1 Å². The minimum absolute atomic E-state index is 0.0807. The predicted octanol–water partition coefficient (Wildman–Crippen LogP) is 6.31. The number of hydrogen-bond acceptors (Lipinski definition) is 6. The standard InChI is InChI=1S/C25H33N7O.C4H10.C2H4F2/c1-30-24-20(9-11-22(28-24)32-15-4-2-3-5-16-32)23(29-30)21-10-8-19(18-27-21)25(33)26-12-17-31-13-6-7-14-31;1-3-4-2;1-2(3)4/h8-11,18H,2-7,12-17H2,1H3,(H,26,33);3-4H2,1-2H3;2H,1H3. The molecule has 2 fully saturated rings. The summed E-state index contributed by atoms with van der Waals surface area (Å²) in [5.41, 5.74) is 2.97. The SMILES string of the molecule is CC(F)F.CCCC.Cn1nc(-c2ccc(C(=O)NCCN3CCCC3)cn2)c2ccc(N3CCCCCC3)nc21. The molecule has 1 N–H and O–H groups in total. The normalized spacial score (nSPS) is 15.6. The first-order valence-corrected chi connectivity index (χ1v) is 15.2. The third-order valence-electron chi connectivity index (χ3n) is 7.28. The number of alkyl halides is 2. The minimum Gasteiger partial charge on any atom is -0.357 e. The second-order valence-electron chi connectivity index (χ2n) is 10.7. The van der Waals surface area contributed by atoms with Crippen molar-refractivity contribution < 1.29 is 13.6 Å². The average Bonchev–Trinajstić information content (AvgIpc) is 3.51. The fraction of sp³-hybridized carbons (Fsp3) is 0.613. The zero-order valence-corrected chi connectivity index (χ0v) is 25.2. The molecule has 0 aliphatic carbocycles. The molecule has 226 valence electrons. The molecule has 2 aliphatic rings. The third-order valence-corrected chi connectivity index (χ3v) is 7.28. The number of amides is 1. The molecule has 5 rings (SSSR count). The molecule has 3 aromatic heterocycles. The minimum atomic E-state index is -2.17. The summed E-state index contributed by atoms with van der Waals surface area (Å²) in [4.78, 5) is 26.8.